The zero-order valence-corrected chi connectivity index (χ0v) is 16.4. The molecule has 0 amide bonds. The lowest BCUT2D eigenvalue weighted by Crippen LogP contribution is -2.22. The third-order valence-corrected chi connectivity index (χ3v) is 3.28. The van der Waals surface area contributed by atoms with E-state index in [1.54, 1.807) is 12.1 Å². The summed E-state index contributed by atoms with van der Waals surface area (Å²) >= 11 is 3.23. The second-order valence-corrected chi connectivity index (χ2v) is 5.55. The number of rotatable bonds is 4. The molecule has 0 unspecified atom stereocenters. The van der Waals surface area contributed by atoms with Gasteiger partial charge in [0.1, 0.15) is 11.6 Å². The van der Waals surface area contributed by atoms with Crippen LogP contribution in [0.2, 0.25) is 0 Å². The Bertz CT molecular complexity index is 739. The number of nitrogens with two attached hydrogens (primary N) is 1. The van der Waals surface area contributed by atoms with Gasteiger partial charge in [0.2, 0.25) is 0 Å². The van der Waals surface area contributed by atoms with Crippen molar-refractivity contribution in [1.82, 2.24) is 0 Å². The standard InChI is InChI=1S/C15H12BrF4N3O.HI/c16-10-1-6-13(17)9(7-10)8-22-14(21)23-11-2-4-12(5-3-11)24-15(18,19)20;/h1-7H,8H2,(H3,21,22,23);1H. The highest BCUT2D eigenvalue weighted by Crippen LogP contribution is 2.24. The molecule has 0 spiro atoms. The van der Waals surface area contributed by atoms with Gasteiger partial charge >= 0.3 is 6.36 Å². The number of nitrogens with one attached hydrogen (secondary N) is 1. The molecule has 0 heterocycles. The minimum absolute atomic E-state index is 0. The fourth-order valence-corrected chi connectivity index (χ4v) is 2.17. The molecule has 10 heteroatoms. The molecule has 0 radical (unpaired) electrons. The molecule has 25 heavy (non-hydrogen) atoms. The monoisotopic (exact) mass is 533 g/mol. The SMILES string of the molecule is I.NC(=NCc1cc(Br)ccc1F)Nc1ccc(OC(F)(F)F)cc1. The Kier molecular flexibility index (Phi) is 7.93. The van der Waals surface area contributed by atoms with E-state index in [0.29, 0.717) is 15.7 Å². The normalized spacial score (nSPS) is 11.6. The fraction of sp³-hybridized carbons (Fsp3) is 0.133. The molecule has 0 aromatic heterocycles. The average Bonchev–Trinajstić information content (AvgIpc) is 2.49. The molecule has 0 aliphatic heterocycles. The summed E-state index contributed by atoms with van der Waals surface area (Å²) in [6.45, 7) is 0.0133. The summed E-state index contributed by atoms with van der Waals surface area (Å²) < 4.78 is 54.2. The van der Waals surface area contributed by atoms with Crippen LogP contribution in [0.3, 0.4) is 0 Å². The number of anilines is 1. The fourth-order valence-electron chi connectivity index (χ4n) is 1.76. The number of guanidine groups is 1. The third-order valence-electron chi connectivity index (χ3n) is 2.79. The van der Waals surface area contributed by atoms with Crippen molar-refractivity contribution in [3.05, 3.63) is 58.3 Å². The second-order valence-electron chi connectivity index (χ2n) is 4.63. The number of aliphatic imine (C=N–C) groups is 1. The van der Waals surface area contributed by atoms with Crippen molar-refractivity contribution in [2.45, 2.75) is 12.9 Å². The van der Waals surface area contributed by atoms with E-state index in [9.17, 15) is 17.6 Å². The first-order chi connectivity index (χ1) is 11.2. The first kappa shape index (κ1) is 21.5. The summed E-state index contributed by atoms with van der Waals surface area (Å²) in [4.78, 5) is 3.98. The van der Waals surface area contributed by atoms with Crippen LogP contribution in [-0.4, -0.2) is 12.3 Å². The van der Waals surface area contributed by atoms with Gasteiger partial charge in [-0.05, 0) is 42.5 Å². The van der Waals surface area contributed by atoms with Crippen LogP contribution in [-0.2, 0) is 6.54 Å². The molecule has 4 nitrogen and oxygen atoms in total. The quantitative estimate of drug-likeness (QED) is 0.251. The molecular formula is C15H13BrF4IN3O. The molecule has 0 fully saturated rings. The largest absolute Gasteiger partial charge is 0.573 e. The first-order valence-corrected chi connectivity index (χ1v) is 7.39. The van der Waals surface area contributed by atoms with E-state index in [-0.39, 0.29) is 42.2 Å². The molecule has 0 aliphatic carbocycles. The Labute approximate surface area is 166 Å². The maximum Gasteiger partial charge on any atom is 0.573 e. The van der Waals surface area contributed by atoms with Gasteiger partial charge in [0.25, 0.3) is 0 Å². The van der Waals surface area contributed by atoms with Crippen LogP contribution in [0.25, 0.3) is 0 Å². The minimum atomic E-state index is -4.75. The highest BCUT2D eigenvalue weighted by Gasteiger charge is 2.30. The summed E-state index contributed by atoms with van der Waals surface area (Å²) in [7, 11) is 0. The van der Waals surface area contributed by atoms with Crippen molar-refractivity contribution in [2.75, 3.05) is 5.32 Å². The molecule has 0 atom stereocenters. The Balaban J connectivity index is 0.00000312. The maximum absolute atomic E-state index is 13.6. The molecule has 2 aromatic rings. The molecule has 0 saturated heterocycles. The number of hydrogen-bond donors (Lipinski definition) is 2. The summed E-state index contributed by atoms with van der Waals surface area (Å²) in [6, 6.07) is 9.42. The van der Waals surface area contributed by atoms with Crippen LogP contribution < -0.4 is 15.8 Å². The summed E-state index contributed by atoms with van der Waals surface area (Å²) in [6.07, 6.45) is -4.75. The molecule has 0 bridgehead atoms. The predicted molar refractivity (Wildman–Crippen MR) is 102 cm³/mol. The predicted octanol–water partition coefficient (Wildman–Crippen LogP) is 5.03. The van der Waals surface area contributed by atoms with Crippen LogP contribution in [0.1, 0.15) is 5.56 Å². The van der Waals surface area contributed by atoms with Crippen LogP contribution in [0.4, 0.5) is 23.2 Å². The smallest absolute Gasteiger partial charge is 0.406 e. The lowest BCUT2D eigenvalue weighted by atomic mass is 10.2. The second kappa shape index (κ2) is 9.22. The van der Waals surface area contributed by atoms with E-state index < -0.39 is 12.2 Å². The zero-order chi connectivity index (χ0) is 17.7. The maximum atomic E-state index is 13.6. The Hall–Kier alpha value is -1.56. The van der Waals surface area contributed by atoms with Crippen LogP contribution in [0, 0.1) is 5.82 Å². The number of hydrogen-bond acceptors (Lipinski definition) is 2. The van der Waals surface area contributed by atoms with Gasteiger partial charge < -0.3 is 15.8 Å². The average molecular weight is 534 g/mol. The molecule has 136 valence electrons. The zero-order valence-electron chi connectivity index (χ0n) is 12.5. The van der Waals surface area contributed by atoms with Crippen molar-refractivity contribution in [2.24, 2.45) is 10.7 Å². The van der Waals surface area contributed by atoms with Gasteiger partial charge in [-0.15, -0.1) is 37.1 Å². The Morgan fingerprint density at radius 3 is 2.40 bits per heavy atom. The van der Waals surface area contributed by atoms with Gasteiger partial charge in [-0.1, -0.05) is 15.9 Å². The van der Waals surface area contributed by atoms with Crippen LogP contribution in [0.5, 0.6) is 5.75 Å². The third kappa shape index (κ3) is 7.46. The summed E-state index contributed by atoms with van der Waals surface area (Å²) in [5.41, 5.74) is 6.44. The Morgan fingerprint density at radius 1 is 1.16 bits per heavy atom. The van der Waals surface area contributed by atoms with E-state index >= 15 is 0 Å². The molecule has 2 rings (SSSR count). The van der Waals surface area contributed by atoms with E-state index in [2.05, 4.69) is 31.0 Å². The lowest BCUT2D eigenvalue weighted by molar-refractivity contribution is -0.274. The van der Waals surface area contributed by atoms with Crippen molar-refractivity contribution >= 4 is 51.6 Å². The van der Waals surface area contributed by atoms with Gasteiger partial charge in [0, 0.05) is 15.7 Å². The highest BCUT2D eigenvalue weighted by atomic mass is 127. The Morgan fingerprint density at radius 2 is 1.80 bits per heavy atom. The topological polar surface area (TPSA) is 59.6 Å². The number of alkyl halides is 3. The highest BCUT2D eigenvalue weighted by molar-refractivity contribution is 14.0. The molecule has 0 saturated carbocycles. The number of benzene rings is 2. The van der Waals surface area contributed by atoms with Gasteiger partial charge in [0.15, 0.2) is 5.96 Å². The van der Waals surface area contributed by atoms with E-state index in [0.717, 1.165) is 12.1 Å². The van der Waals surface area contributed by atoms with Crippen molar-refractivity contribution < 1.29 is 22.3 Å². The summed E-state index contributed by atoms with van der Waals surface area (Å²) in [5, 5.41) is 2.69. The number of halogens is 6. The first-order valence-electron chi connectivity index (χ1n) is 6.59. The minimum Gasteiger partial charge on any atom is -0.406 e. The lowest BCUT2D eigenvalue weighted by Gasteiger charge is -2.10. The van der Waals surface area contributed by atoms with Gasteiger partial charge in [-0.2, -0.15) is 0 Å². The van der Waals surface area contributed by atoms with Gasteiger partial charge in [-0.3, -0.25) is 0 Å². The molecular weight excluding hydrogens is 521 g/mol. The number of ether oxygens (including phenoxy) is 1. The van der Waals surface area contributed by atoms with Crippen molar-refractivity contribution in [3.8, 4) is 5.75 Å². The molecule has 3 N–H and O–H groups in total. The van der Waals surface area contributed by atoms with Crippen molar-refractivity contribution in [1.29, 1.82) is 0 Å². The van der Waals surface area contributed by atoms with Crippen molar-refractivity contribution in [3.63, 3.8) is 0 Å². The molecule has 0 aliphatic rings. The van der Waals surface area contributed by atoms with Crippen LogP contribution in [0.15, 0.2) is 51.9 Å². The summed E-state index contributed by atoms with van der Waals surface area (Å²) in [5.74, 6) is -0.762. The molecule has 2 aromatic carbocycles. The van der Waals surface area contributed by atoms with Gasteiger partial charge in [-0.25, -0.2) is 9.38 Å². The van der Waals surface area contributed by atoms with E-state index in [4.69, 9.17) is 5.73 Å². The van der Waals surface area contributed by atoms with E-state index in [1.165, 1.54) is 18.2 Å². The van der Waals surface area contributed by atoms with Crippen LogP contribution >= 0.6 is 39.9 Å². The number of nitrogens with zero attached hydrogens (tertiary/aromatic N) is 1. The van der Waals surface area contributed by atoms with E-state index in [1.807, 2.05) is 0 Å². The van der Waals surface area contributed by atoms with Gasteiger partial charge in [0.05, 0.1) is 6.54 Å².